The number of para-hydroxylation sites is 2. The largest absolute Gasteiger partial charge is 0.340 e. The molecule has 0 unspecified atom stereocenters. The van der Waals surface area contributed by atoms with Gasteiger partial charge in [0.25, 0.3) is 0 Å². The van der Waals surface area contributed by atoms with E-state index >= 15 is 0 Å². The summed E-state index contributed by atoms with van der Waals surface area (Å²) in [5.74, 6) is 0. The van der Waals surface area contributed by atoms with Gasteiger partial charge in [0.05, 0.1) is 5.69 Å². The smallest absolute Gasteiger partial charge is 0.152 e. The maximum absolute atomic E-state index is 12.1. The van der Waals surface area contributed by atoms with Gasteiger partial charge in [-0.3, -0.25) is 4.79 Å². The molecule has 0 radical (unpaired) electrons. The number of anilines is 2. The molecule has 0 atom stereocenters. The fourth-order valence-electron chi connectivity index (χ4n) is 4.27. The number of carbonyl (C=O) groups excluding carboxylic acids is 1. The molecule has 0 saturated carbocycles. The maximum Gasteiger partial charge on any atom is 0.152 e. The molecule has 30 heavy (non-hydrogen) atoms. The zero-order valence-corrected chi connectivity index (χ0v) is 17.5. The van der Waals surface area contributed by atoms with Crippen molar-refractivity contribution in [1.82, 2.24) is 0 Å². The molecular weight excluding hydrogens is 385 g/mol. The van der Waals surface area contributed by atoms with Gasteiger partial charge in [-0.25, -0.2) is 0 Å². The Bertz CT molecular complexity index is 1130. The van der Waals surface area contributed by atoms with Crippen LogP contribution in [0, 0.1) is 0 Å². The molecule has 0 N–H and O–H groups in total. The third-order valence-electron chi connectivity index (χ3n) is 5.60. The summed E-state index contributed by atoms with van der Waals surface area (Å²) in [5, 5.41) is 3.80. The van der Waals surface area contributed by atoms with Crippen LogP contribution < -0.4 is 20.8 Å². The Labute approximate surface area is 178 Å². The average molecular weight is 407 g/mol. The zero-order valence-electron chi connectivity index (χ0n) is 16.6. The van der Waals surface area contributed by atoms with E-state index in [0.717, 1.165) is 30.5 Å². The average Bonchev–Trinajstić information content (AvgIpc) is 3.24. The molecule has 0 saturated heterocycles. The molecule has 4 aromatic rings. The summed E-state index contributed by atoms with van der Waals surface area (Å²) in [6.45, 7) is 0.893. The van der Waals surface area contributed by atoms with Crippen molar-refractivity contribution < 1.29 is 4.79 Å². The number of benzene rings is 4. The Balaban J connectivity index is 1.75. The van der Waals surface area contributed by atoms with E-state index in [1.807, 2.05) is 12.1 Å². The van der Waals surface area contributed by atoms with Gasteiger partial charge in [0.1, 0.15) is 0 Å². The number of hydrogen-bond acceptors (Lipinski definition) is 2. The Hall–Kier alpha value is -3.22. The van der Waals surface area contributed by atoms with Crippen LogP contribution in [0.2, 0.25) is 0 Å². The van der Waals surface area contributed by atoms with Crippen LogP contribution in [0.1, 0.15) is 15.9 Å². The van der Waals surface area contributed by atoms with E-state index in [-0.39, 0.29) is 0 Å². The van der Waals surface area contributed by atoms with Crippen molar-refractivity contribution in [3.05, 3.63) is 114 Å². The van der Waals surface area contributed by atoms with E-state index in [9.17, 15) is 4.79 Å². The zero-order chi connectivity index (χ0) is 20.3. The number of aldehydes is 1. The fourth-order valence-corrected chi connectivity index (χ4v) is 6.76. The van der Waals surface area contributed by atoms with Gasteiger partial charge < -0.3 is 4.90 Å². The van der Waals surface area contributed by atoms with E-state index in [1.54, 1.807) is 0 Å². The quantitative estimate of drug-likeness (QED) is 0.345. The maximum atomic E-state index is 12.1. The molecule has 3 heteroatoms. The van der Waals surface area contributed by atoms with Gasteiger partial charge in [-0.2, -0.15) is 0 Å². The van der Waals surface area contributed by atoms with Crippen molar-refractivity contribution >= 4 is 41.5 Å². The third-order valence-corrected chi connectivity index (χ3v) is 8.07. The first kappa shape index (κ1) is 18.8. The Kier molecular flexibility index (Phi) is 5.17. The fraction of sp³-hybridized carbons (Fsp3) is 0.0741. The summed E-state index contributed by atoms with van der Waals surface area (Å²) in [4.78, 5) is 14.5. The van der Waals surface area contributed by atoms with Gasteiger partial charge in [0.15, 0.2) is 6.29 Å². The second-order valence-corrected chi connectivity index (χ2v) is 9.56. The van der Waals surface area contributed by atoms with Crippen LogP contribution in [-0.2, 0) is 6.42 Å². The minimum Gasteiger partial charge on any atom is -0.340 e. The van der Waals surface area contributed by atoms with Crippen LogP contribution in [0.4, 0.5) is 11.4 Å². The lowest BCUT2D eigenvalue weighted by Gasteiger charge is -2.29. The van der Waals surface area contributed by atoms with Crippen LogP contribution in [-0.4, -0.2) is 12.8 Å². The molecule has 5 rings (SSSR count). The van der Waals surface area contributed by atoms with Gasteiger partial charge in [-0.1, -0.05) is 91.0 Å². The summed E-state index contributed by atoms with van der Waals surface area (Å²) in [5.41, 5.74) is 4.36. The van der Waals surface area contributed by atoms with E-state index in [2.05, 4.69) is 95.9 Å². The molecule has 0 aliphatic carbocycles. The van der Waals surface area contributed by atoms with Crippen molar-refractivity contribution in [3.63, 3.8) is 0 Å². The number of carbonyl (C=O) groups is 1. The predicted molar refractivity (Wildman–Crippen MR) is 128 cm³/mol. The van der Waals surface area contributed by atoms with E-state index in [0.29, 0.717) is 0 Å². The standard InChI is InChI=1S/C27H22NOP/c29-20-22-11-9-17-26(27(22)28-19-18-21-10-7-8-16-25(21)28)30(23-12-3-1-4-13-23)24-14-5-2-6-15-24/h1-17,20H,18-19H2. The lowest BCUT2D eigenvalue weighted by molar-refractivity contribution is 0.112. The highest BCUT2D eigenvalue weighted by Crippen LogP contribution is 2.42. The highest BCUT2D eigenvalue weighted by molar-refractivity contribution is 7.80. The number of hydrogen-bond donors (Lipinski definition) is 0. The summed E-state index contributed by atoms with van der Waals surface area (Å²) in [6, 6.07) is 36.0. The van der Waals surface area contributed by atoms with Crippen molar-refractivity contribution in [2.75, 3.05) is 11.4 Å². The Morgan fingerprint density at radius 1 is 0.700 bits per heavy atom. The molecule has 1 aliphatic rings. The lowest BCUT2D eigenvalue weighted by Crippen LogP contribution is -2.28. The monoisotopic (exact) mass is 407 g/mol. The number of rotatable bonds is 5. The normalized spacial score (nSPS) is 12.8. The van der Waals surface area contributed by atoms with Crippen LogP contribution in [0.15, 0.2) is 103 Å². The van der Waals surface area contributed by atoms with Crippen molar-refractivity contribution in [3.8, 4) is 0 Å². The first-order chi connectivity index (χ1) is 14.9. The van der Waals surface area contributed by atoms with Gasteiger partial charge in [0, 0.05) is 23.1 Å². The lowest BCUT2D eigenvalue weighted by atomic mass is 10.1. The van der Waals surface area contributed by atoms with Crippen LogP contribution in [0.5, 0.6) is 0 Å². The summed E-state index contributed by atoms with van der Waals surface area (Å²) < 4.78 is 0. The number of fused-ring (bicyclic) bond motifs is 1. The van der Waals surface area contributed by atoms with Crippen molar-refractivity contribution in [2.45, 2.75) is 6.42 Å². The van der Waals surface area contributed by atoms with Crippen LogP contribution >= 0.6 is 7.92 Å². The predicted octanol–water partition coefficient (Wildman–Crippen LogP) is 4.95. The molecule has 2 nitrogen and oxygen atoms in total. The summed E-state index contributed by atoms with van der Waals surface area (Å²) in [6.07, 6.45) is 2.00. The summed E-state index contributed by atoms with van der Waals surface area (Å²) >= 11 is 0. The second-order valence-electron chi connectivity index (χ2n) is 7.37. The highest BCUT2D eigenvalue weighted by Gasteiger charge is 2.28. The molecule has 4 aromatic carbocycles. The minimum absolute atomic E-state index is 0.753. The molecule has 1 aliphatic heterocycles. The molecular formula is C27H22NOP. The van der Waals surface area contributed by atoms with E-state index in [1.165, 1.54) is 27.2 Å². The summed E-state index contributed by atoms with van der Waals surface area (Å²) in [7, 11) is -0.795. The first-order valence-corrected chi connectivity index (χ1v) is 11.5. The minimum atomic E-state index is -0.795. The molecule has 1 heterocycles. The van der Waals surface area contributed by atoms with Gasteiger partial charge in [0.2, 0.25) is 0 Å². The van der Waals surface area contributed by atoms with Crippen molar-refractivity contribution in [2.24, 2.45) is 0 Å². The molecule has 0 bridgehead atoms. The molecule has 0 spiro atoms. The van der Waals surface area contributed by atoms with Gasteiger partial charge in [-0.05, 0) is 42.6 Å². The Morgan fingerprint density at radius 3 is 2.00 bits per heavy atom. The topological polar surface area (TPSA) is 20.3 Å². The third kappa shape index (κ3) is 3.34. The number of nitrogens with zero attached hydrogens (tertiary/aromatic N) is 1. The second kappa shape index (κ2) is 8.26. The van der Waals surface area contributed by atoms with E-state index < -0.39 is 7.92 Å². The Morgan fingerprint density at radius 2 is 1.33 bits per heavy atom. The van der Waals surface area contributed by atoms with E-state index in [4.69, 9.17) is 0 Å². The molecule has 0 fully saturated rings. The molecule has 0 aromatic heterocycles. The molecule has 0 amide bonds. The SMILES string of the molecule is O=Cc1cccc(P(c2ccccc2)c2ccccc2)c1N1CCc2ccccc21. The van der Waals surface area contributed by atoms with Gasteiger partial charge >= 0.3 is 0 Å². The van der Waals surface area contributed by atoms with Crippen molar-refractivity contribution in [1.29, 1.82) is 0 Å². The van der Waals surface area contributed by atoms with Crippen LogP contribution in [0.25, 0.3) is 0 Å². The highest BCUT2D eigenvalue weighted by atomic mass is 31.1. The van der Waals surface area contributed by atoms with Crippen LogP contribution in [0.3, 0.4) is 0 Å². The first-order valence-electron chi connectivity index (χ1n) is 10.2. The van der Waals surface area contributed by atoms with Gasteiger partial charge in [-0.15, -0.1) is 0 Å². The molecule has 146 valence electrons.